The van der Waals surface area contributed by atoms with E-state index in [-0.39, 0.29) is 0 Å². The van der Waals surface area contributed by atoms with Crippen molar-refractivity contribution in [1.29, 1.82) is 0 Å². The summed E-state index contributed by atoms with van der Waals surface area (Å²) in [6.07, 6.45) is 8.94. The maximum absolute atomic E-state index is 3.99. The van der Waals surface area contributed by atoms with Gasteiger partial charge in [-0.1, -0.05) is 43.3 Å². The van der Waals surface area contributed by atoms with Gasteiger partial charge in [-0.3, -0.25) is 4.98 Å². The van der Waals surface area contributed by atoms with E-state index in [1.165, 1.54) is 16.7 Å². The maximum atomic E-state index is 3.99. The average molecular weight is 209 g/mol. The Labute approximate surface area is 96.5 Å². The standard InChI is InChI=1S/C15H15N/c1-2-13-4-3-5-15(12-13)7-6-14-8-10-16-11-9-14/h3-12H,2H2,1H3. The van der Waals surface area contributed by atoms with Crippen LogP contribution < -0.4 is 0 Å². The first kappa shape index (κ1) is 10.6. The van der Waals surface area contributed by atoms with Gasteiger partial charge in [0, 0.05) is 12.4 Å². The van der Waals surface area contributed by atoms with Crippen LogP contribution in [-0.4, -0.2) is 4.98 Å². The van der Waals surface area contributed by atoms with Gasteiger partial charge in [-0.15, -0.1) is 0 Å². The van der Waals surface area contributed by atoms with Crippen molar-refractivity contribution in [2.24, 2.45) is 0 Å². The molecule has 1 heterocycles. The van der Waals surface area contributed by atoms with E-state index < -0.39 is 0 Å². The number of rotatable bonds is 3. The first-order chi connectivity index (χ1) is 7.88. The molecule has 0 spiro atoms. The summed E-state index contributed by atoms with van der Waals surface area (Å²) in [4.78, 5) is 3.99. The molecule has 0 aliphatic carbocycles. The third kappa shape index (κ3) is 2.80. The SMILES string of the molecule is CCc1cccc(C=Cc2ccncc2)c1. The average Bonchev–Trinajstić information content (AvgIpc) is 2.38. The van der Waals surface area contributed by atoms with Crippen LogP contribution >= 0.6 is 0 Å². The first-order valence-corrected chi connectivity index (χ1v) is 5.55. The van der Waals surface area contributed by atoms with E-state index in [1.54, 1.807) is 0 Å². The van der Waals surface area contributed by atoms with Gasteiger partial charge in [-0.05, 0) is 35.2 Å². The Bertz CT molecular complexity index is 472. The molecule has 0 N–H and O–H groups in total. The molecule has 80 valence electrons. The minimum absolute atomic E-state index is 1.08. The summed E-state index contributed by atoms with van der Waals surface area (Å²) in [7, 11) is 0. The molecule has 0 radical (unpaired) electrons. The summed E-state index contributed by atoms with van der Waals surface area (Å²) in [6, 6.07) is 12.6. The second-order valence-electron chi connectivity index (χ2n) is 3.71. The van der Waals surface area contributed by atoms with Crippen molar-refractivity contribution < 1.29 is 0 Å². The van der Waals surface area contributed by atoms with E-state index >= 15 is 0 Å². The van der Waals surface area contributed by atoms with Gasteiger partial charge in [0.2, 0.25) is 0 Å². The molecule has 16 heavy (non-hydrogen) atoms. The Kier molecular flexibility index (Phi) is 3.50. The monoisotopic (exact) mass is 209 g/mol. The van der Waals surface area contributed by atoms with Crippen molar-refractivity contribution >= 4 is 12.2 Å². The summed E-state index contributed by atoms with van der Waals surface area (Å²) < 4.78 is 0. The van der Waals surface area contributed by atoms with E-state index in [0.717, 1.165) is 6.42 Å². The van der Waals surface area contributed by atoms with Crippen molar-refractivity contribution in [1.82, 2.24) is 4.98 Å². The molecular formula is C15H15N. The molecule has 0 aliphatic heterocycles. The Morgan fingerprint density at radius 1 is 1.00 bits per heavy atom. The predicted molar refractivity (Wildman–Crippen MR) is 69.0 cm³/mol. The zero-order valence-corrected chi connectivity index (χ0v) is 9.43. The van der Waals surface area contributed by atoms with E-state index in [2.05, 4.69) is 48.3 Å². The van der Waals surface area contributed by atoms with Crippen molar-refractivity contribution in [2.45, 2.75) is 13.3 Å². The lowest BCUT2D eigenvalue weighted by Crippen LogP contribution is -1.80. The summed E-state index contributed by atoms with van der Waals surface area (Å²) in [6.45, 7) is 2.17. The maximum Gasteiger partial charge on any atom is 0.0273 e. The molecule has 1 aromatic carbocycles. The highest BCUT2D eigenvalue weighted by Gasteiger charge is 1.90. The van der Waals surface area contributed by atoms with Gasteiger partial charge in [-0.25, -0.2) is 0 Å². The van der Waals surface area contributed by atoms with Gasteiger partial charge in [0.15, 0.2) is 0 Å². The summed E-state index contributed by atoms with van der Waals surface area (Å²) in [5.74, 6) is 0. The van der Waals surface area contributed by atoms with E-state index in [0.29, 0.717) is 0 Å². The van der Waals surface area contributed by atoms with Gasteiger partial charge in [0.25, 0.3) is 0 Å². The third-order valence-corrected chi connectivity index (χ3v) is 2.53. The lowest BCUT2D eigenvalue weighted by Gasteiger charge is -1.98. The molecule has 0 bridgehead atoms. The fourth-order valence-electron chi connectivity index (χ4n) is 1.58. The van der Waals surface area contributed by atoms with Crippen LogP contribution in [0.5, 0.6) is 0 Å². The van der Waals surface area contributed by atoms with Gasteiger partial charge < -0.3 is 0 Å². The summed E-state index contributed by atoms with van der Waals surface area (Å²) in [5, 5.41) is 0. The van der Waals surface area contributed by atoms with Crippen molar-refractivity contribution in [3.05, 3.63) is 65.5 Å². The third-order valence-electron chi connectivity index (χ3n) is 2.53. The summed E-state index contributed by atoms with van der Waals surface area (Å²) in [5.41, 5.74) is 3.80. The van der Waals surface area contributed by atoms with Gasteiger partial charge in [-0.2, -0.15) is 0 Å². The predicted octanol–water partition coefficient (Wildman–Crippen LogP) is 3.81. The molecule has 0 unspecified atom stereocenters. The fraction of sp³-hybridized carbons (Fsp3) is 0.133. The van der Waals surface area contributed by atoms with Crippen molar-refractivity contribution in [3.63, 3.8) is 0 Å². The smallest absolute Gasteiger partial charge is 0.0273 e. The Morgan fingerprint density at radius 3 is 2.50 bits per heavy atom. The van der Waals surface area contributed by atoms with Crippen LogP contribution in [0.4, 0.5) is 0 Å². The molecule has 2 rings (SSSR count). The van der Waals surface area contributed by atoms with Crippen LogP contribution in [0.25, 0.3) is 12.2 Å². The minimum atomic E-state index is 1.08. The Balaban J connectivity index is 2.17. The number of nitrogens with zero attached hydrogens (tertiary/aromatic N) is 1. The minimum Gasteiger partial charge on any atom is -0.265 e. The van der Waals surface area contributed by atoms with Crippen LogP contribution in [0, 0.1) is 0 Å². The van der Waals surface area contributed by atoms with Crippen LogP contribution in [0.15, 0.2) is 48.8 Å². The van der Waals surface area contributed by atoms with Gasteiger partial charge in [0.05, 0.1) is 0 Å². The molecule has 0 amide bonds. The highest BCUT2D eigenvalue weighted by atomic mass is 14.6. The van der Waals surface area contributed by atoms with Crippen LogP contribution in [0.3, 0.4) is 0 Å². The van der Waals surface area contributed by atoms with Gasteiger partial charge >= 0.3 is 0 Å². The zero-order chi connectivity index (χ0) is 11.2. The quantitative estimate of drug-likeness (QED) is 0.749. The van der Waals surface area contributed by atoms with Crippen molar-refractivity contribution in [2.75, 3.05) is 0 Å². The number of pyridine rings is 1. The normalized spacial score (nSPS) is 10.8. The lowest BCUT2D eigenvalue weighted by atomic mass is 10.1. The molecule has 0 saturated heterocycles. The molecule has 0 atom stereocenters. The topological polar surface area (TPSA) is 12.9 Å². The van der Waals surface area contributed by atoms with Crippen LogP contribution in [0.1, 0.15) is 23.6 Å². The highest BCUT2D eigenvalue weighted by Crippen LogP contribution is 2.10. The molecule has 1 aromatic heterocycles. The molecular weight excluding hydrogens is 194 g/mol. The molecule has 2 aromatic rings. The van der Waals surface area contributed by atoms with E-state index in [9.17, 15) is 0 Å². The second-order valence-corrected chi connectivity index (χ2v) is 3.71. The lowest BCUT2D eigenvalue weighted by molar-refractivity contribution is 1.14. The van der Waals surface area contributed by atoms with Crippen molar-refractivity contribution in [3.8, 4) is 0 Å². The Morgan fingerprint density at radius 2 is 1.75 bits per heavy atom. The molecule has 0 fully saturated rings. The number of aryl methyl sites for hydroxylation is 1. The first-order valence-electron chi connectivity index (χ1n) is 5.55. The number of hydrogen-bond donors (Lipinski definition) is 0. The highest BCUT2D eigenvalue weighted by molar-refractivity contribution is 5.69. The molecule has 1 heteroatoms. The van der Waals surface area contributed by atoms with E-state index in [4.69, 9.17) is 0 Å². The number of hydrogen-bond acceptors (Lipinski definition) is 1. The Hall–Kier alpha value is -1.89. The second kappa shape index (κ2) is 5.26. The molecule has 1 nitrogen and oxygen atoms in total. The van der Waals surface area contributed by atoms with E-state index in [1.807, 2.05) is 24.5 Å². The van der Waals surface area contributed by atoms with Crippen LogP contribution in [0.2, 0.25) is 0 Å². The van der Waals surface area contributed by atoms with Gasteiger partial charge in [0.1, 0.15) is 0 Å². The zero-order valence-electron chi connectivity index (χ0n) is 9.43. The number of aromatic nitrogens is 1. The van der Waals surface area contributed by atoms with Crippen LogP contribution in [-0.2, 0) is 6.42 Å². The summed E-state index contributed by atoms with van der Waals surface area (Å²) >= 11 is 0. The molecule has 0 aliphatic rings. The number of benzene rings is 1. The largest absolute Gasteiger partial charge is 0.265 e. The molecule has 0 saturated carbocycles. The fourth-order valence-corrected chi connectivity index (χ4v) is 1.58.